The van der Waals surface area contributed by atoms with E-state index in [0.29, 0.717) is 30.8 Å². The number of hydrogen-bond donors (Lipinski definition) is 3. The van der Waals surface area contributed by atoms with Gasteiger partial charge in [0.2, 0.25) is 0 Å². The summed E-state index contributed by atoms with van der Waals surface area (Å²) >= 11 is 0. The molecule has 0 aromatic heterocycles. The second-order valence-corrected chi connectivity index (χ2v) is 8.47. The van der Waals surface area contributed by atoms with Crippen LogP contribution in [0.4, 0.5) is 0 Å². The molecule has 3 aromatic rings. The highest BCUT2D eigenvalue weighted by atomic mass is 16.5. The van der Waals surface area contributed by atoms with Gasteiger partial charge < -0.3 is 20.1 Å². The van der Waals surface area contributed by atoms with Crippen molar-refractivity contribution in [2.75, 3.05) is 13.1 Å². The van der Waals surface area contributed by atoms with Crippen molar-refractivity contribution in [2.24, 2.45) is 0 Å². The Morgan fingerprint density at radius 1 is 0.938 bits per heavy atom. The van der Waals surface area contributed by atoms with Crippen LogP contribution in [0, 0.1) is 0 Å². The number of hydrogen-bond acceptors (Lipinski definition) is 5. The van der Waals surface area contributed by atoms with Gasteiger partial charge in [-0.05, 0) is 47.2 Å². The lowest BCUT2D eigenvalue weighted by atomic mass is 10.0. The number of phenolic OH excluding ortho intramolecular Hbond substituents is 1. The Kier molecular flexibility index (Phi) is 7.55. The minimum atomic E-state index is -0.784. The van der Waals surface area contributed by atoms with Crippen LogP contribution in [0.2, 0.25) is 0 Å². The minimum Gasteiger partial charge on any atom is -0.508 e. The van der Waals surface area contributed by atoms with E-state index in [1.807, 2.05) is 36.4 Å². The smallest absolute Gasteiger partial charge is 0.115 e. The zero-order valence-corrected chi connectivity index (χ0v) is 18.2. The minimum absolute atomic E-state index is 0.0810. The number of benzene rings is 3. The van der Waals surface area contributed by atoms with Crippen molar-refractivity contribution in [2.45, 2.75) is 44.3 Å². The van der Waals surface area contributed by atoms with E-state index >= 15 is 0 Å². The van der Waals surface area contributed by atoms with E-state index in [9.17, 15) is 15.3 Å². The summed E-state index contributed by atoms with van der Waals surface area (Å²) in [7, 11) is 0. The van der Waals surface area contributed by atoms with E-state index in [2.05, 4.69) is 29.2 Å². The molecule has 0 spiro atoms. The highest BCUT2D eigenvalue weighted by Crippen LogP contribution is 2.33. The van der Waals surface area contributed by atoms with Crippen molar-refractivity contribution in [3.63, 3.8) is 0 Å². The first-order valence-electron chi connectivity index (χ1n) is 11.2. The summed E-state index contributed by atoms with van der Waals surface area (Å²) in [4.78, 5) is 2.21. The summed E-state index contributed by atoms with van der Waals surface area (Å²) in [5, 5.41) is 30.4. The third-order valence-electron chi connectivity index (χ3n) is 6.08. The van der Waals surface area contributed by atoms with Gasteiger partial charge in [0.25, 0.3) is 0 Å². The number of aliphatic hydroxyl groups is 2. The molecule has 0 bridgehead atoms. The average Bonchev–Trinajstić information content (AvgIpc) is 3.28. The van der Waals surface area contributed by atoms with Crippen LogP contribution in [0.25, 0.3) is 0 Å². The zero-order chi connectivity index (χ0) is 22.3. The first kappa shape index (κ1) is 22.5. The predicted molar refractivity (Wildman–Crippen MR) is 124 cm³/mol. The topological polar surface area (TPSA) is 73.2 Å². The Morgan fingerprint density at radius 3 is 2.38 bits per heavy atom. The maximum absolute atomic E-state index is 11.0. The molecule has 1 aliphatic heterocycles. The third-order valence-corrected chi connectivity index (χ3v) is 6.08. The number of aromatic hydroxyl groups is 1. The number of ether oxygens (including phenoxy) is 1. The molecule has 3 aromatic carbocycles. The van der Waals surface area contributed by atoms with E-state index < -0.39 is 6.10 Å². The maximum Gasteiger partial charge on any atom is 0.115 e. The van der Waals surface area contributed by atoms with Gasteiger partial charge in [0.15, 0.2) is 0 Å². The molecule has 0 amide bonds. The molecule has 0 saturated carbocycles. The van der Waals surface area contributed by atoms with Crippen molar-refractivity contribution in [3.8, 4) is 5.75 Å². The molecule has 5 nitrogen and oxygen atoms in total. The van der Waals surface area contributed by atoms with Crippen LogP contribution in [-0.2, 0) is 17.9 Å². The van der Waals surface area contributed by atoms with Gasteiger partial charge >= 0.3 is 0 Å². The monoisotopic (exact) mass is 433 g/mol. The van der Waals surface area contributed by atoms with Crippen molar-refractivity contribution in [1.82, 2.24) is 4.90 Å². The summed E-state index contributed by atoms with van der Waals surface area (Å²) in [6, 6.07) is 25.3. The Morgan fingerprint density at radius 2 is 1.66 bits per heavy atom. The van der Waals surface area contributed by atoms with Crippen LogP contribution in [0.1, 0.15) is 47.3 Å². The molecule has 32 heavy (non-hydrogen) atoms. The number of nitrogens with zero attached hydrogens (tertiary/aromatic N) is 1. The van der Waals surface area contributed by atoms with Gasteiger partial charge in [-0.2, -0.15) is 0 Å². The molecule has 1 aliphatic rings. The summed E-state index contributed by atoms with van der Waals surface area (Å²) in [6.07, 6.45) is 1.38. The lowest BCUT2D eigenvalue weighted by Gasteiger charge is -2.28. The van der Waals surface area contributed by atoms with Crippen LogP contribution in [-0.4, -0.2) is 39.4 Å². The van der Waals surface area contributed by atoms with Gasteiger partial charge in [0.1, 0.15) is 5.75 Å². The van der Waals surface area contributed by atoms with Crippen molar-refractivity contribution < 1.29 is 20.1 Å². The van der Waals surface area contributed by atoms with Crippen LogP contribution in [0.5, 0.6) is 5.75 Å². The van der Waals surface area contributed by atoms with Crippen LogP contribution in [0.15, 0.2) is 78.9 Å². The summed E-state index contributed by atoms with van der Waals surface area (Å²) in [6.45, 7) is 1.58. The number of aliphatic hydroxyl groups excluding tert-OH is 2. The summed E-state index contributed by atoms with van der Waals surface area (Å²) in [5.41, 5.74) is 3.56. The molecule has 0 aliphatic carbocycles. The van der Waals surface area contributed by atoms with Gasteiger partial charge in [-0.3, -0.25) is 4.90 Å². The van der Waals surface area contributed by atoms with Crippen LogP contribution in [0.3, 0.4) is 0 Å². The van der Waals surface area contributed by atoms with E-state index in [1.165, 1.54) is 17.2 Å². The first-order chi connectivity index (χ1) is 15.6. The van der Waals surface area contributed by atoms with Crippen LogP contribution < -0.4 is 0 Å². The van der Waals surface area contributed by atoms with E-state index in [0.717, 1.165) is 12.8 Å². The lowest BCUT2D eigenvalue weighted by Crippen LogP contribution is -2.35. The third kappa shape index (κ3) is 5.75. The van der Waals surface area contributed by atoms with E-state index in [-0.39, 0.29) is 24.6 Å². The second kappa shape index (κ2) is 10.7. The fourth-order valence-corrected chi connectivity index (χ4v) is 4.48. The molecular weight excluding hydrogens is 402 g/mol. The Hall–Kier alpha value is -2.70. The molecule has 3 unspecified atom stereocenters. The molecule has 1 heterocycles. The summed E-state index contributed by atoms with van der Waals surface area (Å²) in [5.74, 6) is 0.0810. The second-order valence-electron chi connectivity index (χ2n) is 8.47. The molecular formula is C27H31NO4. The molecule has 1 saturated heterocycles. The van der Waals surface area contributed by atoms with Gasteiger partial charge in [0, 0.05) is 19.6 Å². The van der Waals surface area contributed by atoms with Gasteiger partial charge in [-0.1, -0.05) is 66.7 Å². The van der Waals surface area contributed by atoms with Gasteiger partial charge in [-0.25, -0.2) is 0 Å². The first-order valence-corrected chi connectivity index (χ1v) is 11.2. The van der Waals surface area contributed by atoms with Gasteiger partial charge in [0.05, 0.1) is 24.9 Å². The normalized spacial score (nSPS) is 19.3. The highest BCUT2D eigenvalue weighted by molar-refractivity contribution is 5.36. The number of rotatable bonds is 9. The van der Waals surface area contributed by atoms with Crippen molar-refractivity contribution in [3.05, 3.63) is 101 Å². The fraction of sp³-hybridized carbons (Fsp3) is 0.333. The molecule has 3 atom stereocenters. The number of phenols is 1. The Labute approximate surface area is 189 Å². The predicted octanol–water partition coefficient (Wildman–Crippen LogP) is 4.34. The molecule has 0 radical (unpaired) electrons. The van der Waals surface area contributed by atoms with Crippen molar-refractivity contribution >= 4 is 0 Å². The van der Waals surface area contributed by atoms with Crippen molar-refractivity contribution in [1.29, 1.82) is 0 Å². The molecule has 168 valence electrons. The van der Waals surface area contributed by atoms with Crippen LogP contribution >= 0.6 is 0 Å². The van der Waals surface area contributed by atoms with E-state index in [1.54, 1.807) is 12.1 Å². The molecule has 5 heteroatoms. The standard InChI is InChI=1S/C27H31NO4/c29-19-22-15-23(30)11-13-25(22)26(31)18-28(16-20-7-3-1-4-8-20)17-24-12-14-27(32-24)21-9-5-2-6-10-21/h1-11,13,15,24,26-27,29-31H,12,14,16-19H2. The molecule has 3 N–H and O–H groups in total. The van der Waals surface area contributed by atoms with E-state index in [4.69, 9.17) is 4.74 Å². The quantitative estimate of drug-likeness (QED) is 0.468. The lowest BCUT2D eigenvalue weighted by molar-refractivity contribution is 0.00947. The zero-order valence-electron chi connectivity index (χ0n) is 18.2. The largest absolute Gasteiger partial charge is 0.508 e. The average molecular weight is 434 g/mol. The van der Waals surface area contributed by atoms with Gasteiger partial charge in [-0.15, -0.1) is 0 Å². The molecule has 1 fully saturated rings. The fourth-order valence-electron chi connectivity index (χ4n) is 4.48. The molecule has 4 rings (SSSR count). The highest BCUT2D eigenvalue weighted by Gasteiger charge is 2.29. The maximum atomic E-state index is 11.0. The SMILES string of the molecule is OCc1cc(O)ccc1C(O)CN(Cc1ccccc1)CC1CCC(c2ccccc2)O1. The Balaban J connectivity index is 1.47. The Bertz CT molecular complexity index is 979. The summed E-state index contributed by atoms with van der Waals surface area (Å²) < 4.78 is 6.37.